The molecule has 1 heterocycles. The maximum atomic E-state index is 11.5. The maximum absolute atomic E-state index is 11.5. The van der Waals surface area contributed by atoms with Gasteiger partial charge in [0.25, 0.3) is 0 Å². The highest BCUT2D eigenvalue weighted by Gasteiger charge is 2.17. The number of piperidine rings is 1. The third-order valence-electron chi connectivity index (χ3n) is 4.23. The third-order valence-corrected chi connectivity index (χ3v) is 4.23. The van der Waals surface area contributed by atoms with Gasteiger partial charge in [0.05, 0.1) is 13.7 Å². The number of hydrogen-bond acceptors (Lipinski definition) is 5. The zero-order valence-electron chi connectivity index (χ0n) is 14.2. The quantitative estimate of drug-likeness (QED) is 0.780. The van der Waals surface area contributed by atoms with Crippen LogP contribution in [0.4, 0.5) is 0 Å². The first-order valence-electron chi connectivity index (χ1n) is 8.44. The average molecular weight is 320 g/mol. The van der Waals surface area contributed by atoms with Crippen LogP contribution in [0.2, 0.25) is 0 Å². The van der Waals surface area contributed by atoms with Crippen molar-refractivity contribution in [3.63, 3.8) is 0 Å². The summed E-state index contributed by atoms with van der Waals surface area (Å²) in [6, 6.07) is 5.46. The summed E-state index contributed by atoms with van der Waals surface area (Å²) in [7, 11) is 1.36. The lowest BCUT2D eigenvalue weighted by Crippen LogP contribution is -2.33. The van der Waals surface area contributed by atoms with Crippen LogP contribution < -0.4 is 10.5 Å². The van der Waals surface area contributed by atoms with Crippen molar-refractivity contribution < 1.29 is 14.3 Å². The molecule has 2 N–H and O–H groups in total. The number of likely N-dealkylation sites (tertiary alicyclic amines) is 1. The molecule has 1 saturated heterocycles. The van der Waals surface area contributed by atoms with Crippen molar-refractivity contribution in [3.05, 3.63) is 29.3 Å². The van der Waals surface area contributed by atoms with E-state index in [-0.39, 0.29) is 5.97 Å². The monoisotopic (exact) mass is 320 g/mol. The molecule has 1 atom stereocenters. The number of nitrogens with zero attached hydrogens (tertiary/aromatic N) is 1. The van der Waals surface area contributed by atoms with Gasteiger partial charge in [-0.2, -0.15) is 0 Å². The fourth-order valence-corrected chi connectivity index (χ4v) is 3.03. The smallest absolute Gasteiger partial charge is 0.322 e. The molecular formula is C18H28N2O3. The number of esters is 1. The number of methoxy groups -OCH3 is 1. The van der Waals surface area contributed by atoms with Crippen LogP contribution in [0.5, 0.6) is 5.75 Å². The van der Waals surface area contributed by atoms with Gasteiger partial charge >= 0.3 is 5.97 Å². The molecular weight excluding hydrogens is 292 g/mol. The Kier molecular flexibility index (Phi) is 6.86. The number of carbonyl (C=O) groups is 1. The number of nitrogens with two attached hydrogens (primary N) is 1. The lowest BCUT2D eigenvalue weighted by Gasteiger charge is -2.27. The molecule has 23 heavy (non-hydrogen) atoms. The average Bonchev–Trinajstić information content (AvgIpc) is 2.57. The van der Waals surface area contributed by atoms with Crippen molar-refractivity contribution in [2.75, 3.05) is 26.8 Å². The lowest BCUT2D eigenvalue weighted by molar-refractivity contribution is -0.142. The van der Waals surface area contributed by atoms with Crippen LogP contribution in [-0.2, 0) is 22.5 Å². The Balaban J connectivity index is 2.12. The number of rotatable bonds is 7. The molecule has 1 unspecified atom stereocenters. The minimum atomic E-state index is -0.624. The van der Waals surface area contributed by atoms with E-state index in [0.29, 0.717) is 13.0 Å². The number of benzene rings is 1. The maximum Gasteiger partial charge on any atom is 0.322 e. The van der Waals surface area contributed by atoms with Crippen LogP contribution in [0.1, 0.15) is 37.3 Å². The lowest BCUT2D eigenvalue weighted by atomic mass is 10.0. The fourth-order valence-electron chi connectivity index (χ4n) is 3.03. The minimum absolute atomic E-state index is 0.378. The predicted molar refractivity (Wildman–Crippen MR) is 90.4 cm³/mol. The van der Waals surface area contributed by atoms with Crippen LogP contribution >= 0.6 is 0 Å². The molecule has 1 fully saturated rings. The van der Waals surface area contributed by atoms with Crippen molar-refractivity contribution >= 4 is 5.97 Å². The summed E-state index contributed by atoms with van der Waals surface area (Å²) in [6.07, 6.45) is 4.32. The molecule has 0 spiro atoms. The van der Waals surface area contributed by atoms with Crippen LogP contribution in [0.15, 0.2) is 18.2 Å². The van der Waals surface area contributed by atoms with E-state index in [4.69, 9.17) is 15.2 Å². The van der Waals surface area contributed by atoms with E-state index in [9.17, 15) is 4.79 Å². The first kappa shape index (κ1) is 17.8. The van der Waals surface area contributed by atoms with Gasteiger partial charge in [-0.05, 0) is 50.9 Å². The predicted octanol–water partition coefficient (Wildman–Crippen LogP) is 2.11. The summed E-state index contributed by atoms with van der Waals surface area (Å²) < 4.78 is 10.5. The van der Waals surface area contributed by atoms with Crippen molar-refractivity contribution in [2.45, 2.75) is 45.2 Å². The Morgan fingerprint density at radius 1 is 1.30 bits per heavy atom. The van der Waals surface area contributed by atoms with Gasteiger partial charge in [0.15, 0.2) is 0 Å². The van der Waals surface area contributed by atoms with Gasteiger partial charge in [-0.3, -0.25) is 9.69 Å². The second-order valence-corrected chi connectivity index (χ2v) is 6.05. The Bertz CT molecular complexity index is 513. The van der Waals surface area contributed by atoms with E-state index in [1.165, 1.54) is 31.9 Å². The number of hydrogen-bond donors (Lipinski definition) is 1. The molecule has 0 radical (unpaired) electrons. The van der Waals surface area contributed by atoms with Crippen molar-refractivity contribution in [1.82, 2.24) is 4.90 Å². The molecule has 0 bridgehead atoms. The van der Waals surface area contributed by atoms with E-state index < -0.39 is 6.04 Å². The number of ether oxygens (including phenoxy) is 2. The zero-order chi connectivity index (χ0) is 16.7. The van der Waals surface area contributed by atoms with Gasteiger partial charge in [-0.15, -0.1) is 0 Å². The zero-order valence-corrected chi connectivity index (χ0v) is 14.2. The molecule has 0 amide bonds. The van der Waals surface area contributed by atoms with Gasteiger partial charge in [0, 0.05) is 12.1 Å². The van der Waals surface area contributed by atoms with Gasteiger partial charge in [0.1, 0.15) is 11.8 Å². The first-order valence-corrected chi connectivity index (χ1v) is 8.44. The van der Waals surface area contributed by atoms with Crippen LogP contribution in [0.25, 0.3) is 0 Å². The molecule has 128 valence electrons. The largest absolute Gasteiger partial charge is 0.494 e. The SMILES string of the molecule is CCOc1ccc(CC(N)C(=O)OC)cc1CN1CCCCC1. The Morgan fingerprint density at radius 3 is 2.70 bits per heavy atom. The van der Waals surface area contributed by atoms with Gasteiger partial charge in [0.2, 0.25) is 0 Å². The van der Waals surface area contributed by atoms with E-state index in [2.05, 4.69) is 11.0 Å². The second-order valence-electron chi connectivity index (χ2n) is 6.05. The molecule has 0 aromatic heterocycles. The van der Waals surface area contributed by atoms with Crippen LogP contribution in [0, 0.1) is 0 Å². The van der Waals surface area contributed by atoms with Crippen molar-refractivity contribution in [3.8, 4) is 5.75 Å². The van der Waals surface area contributed by atoms with E-state index in [1.54, 1.807) is 0 Å². The Hall–Kier alpha value is -1.59. The standard InChI is InChI=1S/C18H28N2O3/c1-3-23-17-8-7-14(12-16(19)18(21)22-2)11-15(17)13-20-9-5-4-6-10-20/h7-8,11,16H,3-6,9-10,12-13,19H2,1-2H3. The topological polar surface area (TPSA) is 64.8 Å². The summed E-state index contributed by atoms with van der Waals surface area (Å²) in [5, 5.41) is 0. The molecule has 1 aromatic rings. The van der Waals surface area contributed by atoms with E-state index >= 15 is 0 Å². The Morgan fingerprint density at radius 2 is 2.04 bits per heavy atom. The van der Waals surface area contributed by atoms with Gasteiger partial charge < -0.3 is 15.2 Å². The summed E-state index contributed by atoms with van der Waals surface area (Å²) >= 11 is 0. The molecule has 1 aromatic carbocycles. The summed E-state index contributed by atoms with van der Waals surface area (Å²) in [5.74, 6) is 0.546. The molecule has 0 aliphatic carbocycles. The van der Waals surface area contributed by atoms with Crippen LogP contribution in [0.3, 0.4) is 0 Å². The number of carbonyl (C=O) groups excluding carboxylic acids is 1. The molecule has 1 aliphatic heterocycles. The van der Waals surface area contributed by atoms with E-state index in [1.807, 2.05) is 19.1 Å². The second kappa shape index (κ2) is 8.89. The highest BCUT2D eigenvalue weighted by Crippen LogP contribution is 2.24. The van der Waals surface area contributed by atoms with Crippen LogP contribution in [-0.4, -0.2) is 43.7 Å². The minimum Gasteiger partial charge on any atom is -0.494 e. The van der Waals surface area contributed by atoms with Gasteiger partial charge in [-0.25, -0.2) is 0 Å². The molecule has 1 aliphatic rings. The van der Waals surface area contributed by atoms with E-state index in [0.717, 1.165) is 30.9 Å². The molecule has 2 rings (SSSR count). The first-order chi connectivity index (χ1) is 11.1. The molecule has 0 saturated carbocycles. The molecule has 5 nitrogen and oxygen atoms in total. The molecule has 5 heteroatoms. The summed E-state index contributed by atoms with van der Waals surface area (Å²) in [4.78, 5) is 14.0. The normalized spacial score (nSPS) is 16.8. The summed E-state index contributed by atoms with van der Waals surface area (Å²) in [6.45, 7) is 5.80. The highest BCUT2D eigenvalue weighted by atomic mass is 16.5. The highest BCUT2D eigenvalue weighted by molar-refractivity contribution is 5.75. The van der Waals surface area contributed by atoms with Crippen molar-refractivity contribution in [2.24, 2.45) is 5.73 Å². The Labute approximate surface area is 138 Å². The third kappa shape index (κ3) is 5.22. The summed E-state index contributed by atoms with van der Waals surface area (Å²) in [5.41, 5.74) is 8.08. The fraction of sp³-hybridized carbons (Fsp3) is 0.611. The van der Waals surface area contributed by atoms with Crippen molar-refractivity contribution in [1.29, 1.82) is 0 Å². The van der Waals surface area contributed by atoms with Gasteiger partial charge in [-0.1, -0.05) is 18.6 Å².